The molecule has 27 heavy (non-hydrogen) atoms. The number of nitrogens with two attached hydrogens (primary N) is 1. The van der Waals surface area contributed by atoms with Crippen LogP contribution in [-0.2, 0) is 4.79 Å². The van der Waals surface area contributed by atoms with Gasteiger partial charge in [-0.05, 0) is 43.0 Å². The van der Waals surface area contributed by atoms with Gasteiger partial charge in [0.15, 0.2) is 0 Å². The maximum absolute atomic E-state index is 11.3. The summed E-state index contributed by atoms with van der Waals surface area (Å²) in [5, 5.41) is 2.73. The summed E-state index contributed by atoms with van der Waals surface area (Å²) in [6.45, 7) is 8.22. The van der Waals surface area contributed by atoms with E-state index in [1.54, 1.807) is 6.20 Å². The molecule has 0 saturated heterocycles. The number of carbonyl (C=O) groups excluding carboxylic acids is 1. The summed E-state index contributed by atoms with van der Waals surface area (Å²) in [4.78, 5) is 15.6. The van der Waals surface area contributed by atoms with Gasteiger partial charge in [0, 0.05) is 36.4 Å². The van der Waals surface area contributed by atoms with Crippen molar-refractivity contribution in [2.24, 2.45) is 11.7 Å². The van der Waals surface area contributed by atoms with Crippen molar-refractivity contribution in [1.82, 2.24) is 4.98 Å². The molecule has 0 saturated carbocycles. The highest BCUT2D eigenvalue weighted by atomic mass is 16.5. The van der Waals surface area contributed by atoms with Gasteiger partial charge in [-0.25, -0.2) is 4.98 Å². The van der Waals surface area contributed by atoms with Gasteiger partial charge in [0.1, 0.15) is 30.0 Å². The van der Waals surface area contributed by atoms with Crippen LogP contribution in [-0.4, -0.2) is 23.5 Å². The first-order valence-corrected chi connectivity index (χ1v) is 9.30. The molecule has 0 spiro atoms. The van der Waals surface area contributed by atoms with E-state index in [4.69, 9.17) is 15.2 Å². The average molecular weight is 369 g/mol. The molecule has 0 fully saturated rings. The standard InChI is InChI=1S/C21H27N3O3/c1-12(2)7-15(22)11-26-16-5-6-17-18-9-21(24-14(4)25)23-10-19(18)13(3)27-20(17)8-16/h5-6,8-10,12-13,15H,7,11,22H2,1-4H3,(H,23,24,25)/t13?,15-/m0/s1. The normalized spacial score (nSPS) is 16.1. The molecule has 1 aliphatic heterocycles. The van der Waals surface area contributed by atoms with Crippen molar-refractivity contribution in [3.05, 3.63) is 36.0 Å². The molecule has 2 aromatic rings. The van der Waals surface area contributed by atoms with E-state index in [0.717, 1.165) is 34.6 Å². The summed E-state index contributed by atoms with van der Waals surface area (Å²) in [5.41, 5.74) is 9.05. The zero-order valence-corrected chi connectivity index (χ0v) is 16.3. The lowest BCUT2D eigenvalue weighted by molar-refractivity contribution is -0.114. The fourth-order valence-electron chi connectivity index (χ4n) is 3.32. The first-order valence-electron chi connectivity index (χ1n) is 9.30. The Hall–Kier alpha value is -2.60. The Morgan fingerprint density at radius 1 is 1.33 bits per heavy atom. The van der Waals surface area contributed by atoms with Gasteiger partial charge >= 0.3 is 0 Å². The minimum atomic E-state index is -0.149. The number of ether oxygens (including phenoxy) is 2. The lowest BCUT2D eigenvalue weighted by Gasteiger charge is -2.27. The van der Waals surface area contributed by atoms with E-state index in [2.05, 4.69) is 24.1 Å². The minimum Gasteiger partial charge on any atom is -0.492 e. The van der Waals surface area contributed by atoms with E-state index in [1.165, 1.54) is 6.92 Å². The molecule has 3 N–H and O–H groups in total. The summed E-state index contributed by atoms with van der Waals surface area (Å²) in [7, 11) is 0. The van der Waals surface area contributed by atoms with Gasteiger partial charge in [0.2, 0.25) is 5.91 Å². The molecule has 1 amide bonds. The molecule has 0 bridgehead atoms. The van der Waals surface area contributed by atoms with Crippen molar-refractivity contribution in [2.45, 2.75) is 46.3 Å². The maximum Gasteiger partial charge on any atom is 0.222 e. The third kappa shape index (κ3) is 4.57. The van der Waals surface area contributed by atoms with Crippen LogP contribution in [0.15, 0.2) is 30.5 Å². The van der Waals surface area contributed by atoms with E-state index in [9.17, 15) is 4.79 Å². The Morgan fingerprint density at radius 3 is 2.81 bits per heavy atom. The molecule has 0 aliphatic carbocycles. The molecule has 6 nitrogen and oxygen atoms in total. The highest BCUT2D eigenvalue weighted by Gasteiger charge is 2.24. The molecular formula is C21H27N3O3. The predicted octanol–water partition coefficient (Wildman–Crippen LogP) is 3.91. The number of carbonyl (C=O) groups is 1. The number of rotatable bonds is 6. The first kappa shape index (κ1) is 19.2. The number of anilines is 1. The van der Waals surface area contributed by atoms with Crippen molar-refractivity contribution >= 4 is 11.7 Å². The molecule has 144 valence electrons. The molecule has 2 atom stereocenters. The molecule has 3 rings (SSSR count). The Kier molecular flexibility index (Phi) is 5.65. The smallest absolute Gasteiger partial charge is 0.222 e. The van der Waals surface area contributed by atoms with Gasteiger partial charge in [-0.3, -0.25) is 4.79 Å². The molecule has 1 aromatic carbocycles. The second-order valence-electron chi connectivity index (χ2n) is 7.46. The van der Waals surface area contributed by atoms with Crippen molar-refractivity contribution in [3.63, 3.8) is 0 Å². The Bertz CT molecular complexity index is 835. The second-order valence-corrected chi connectivity index (χ2v) is 7.46. The van der Waals surface area contributed by atoms with E-state index in [0.29, 0.717) is 18.3 Å². The third-order valence-electron chi connectivity index (χ3n) is 4.46. The van der Waals surface area contributed by atoms with Gasteiger partial charge < -0.3 is 20.5 Å². The number of amides is 1. The van der Waals surface area contributed by atoms with Crippen molar-refractivity contribution in [1.29, 1.82) is 0 Å². The number of pyridine rings is 1. The fourth-order valence-corrected chi connectivity index (χ4v) is 3.32. The van der Waals surface area contributed by atoms with Crippen LogP contribution in [0.5, 0.6) is 11.5 Å². The van der Waals surface area contributed by atoms with E-state index >= 15 is 0 Å². The summed E-state index contributed by atoms with van der Waals surface area (Å²) in [5.74, 6) is 2.41. The molecule has 6 heteroatoms. The lowest BCUT2D eigenvalue weighted by atomic mass is 9.95. The molecule has 1 aliphatic rings. The molecule has 2 heterocycles. The predicted molar refractivity (Wildman–Crippen MR) is 106 cm³/mol. The van der Waals surface area contributed by atoms with E-state index in [-0.39, 0.29) is 18.1 Å². The lowest BCUT2D eigenvalue weighted by Crippen LogP contribution is -2.29. The quantitative estimate of drug-likeness (QED) is 0.806. The van der Waals surface area contributed by atoms with Crippen LogP contribution in [0.4, 0.5) is 5.82 Å². The zero-order valence-electron chi connectivity index (χ0n) is 16.3. The number of nitrogens with one attached hydrogen (secondary N) is 1. The first-order chi connectivity index (χ1) is 12.8. The molecule has 0 radical (unpaired) electrons. The van der Waals surface area contributed by atoms with Crippen LogP contribution < -0.4 is 20.5 Å². The molecule has 1 unspecified atom stereocenters. The number of nitrogens with zero attached hydrogens (tertiary/aromatic N) is 1. The summed E-state index contributed by atoms with van der Waals surface area (Å²) >= 11 is 0. The number of aromatic nitrogens is 1. The van der Waals surface area contributed by atoms with Crippen LogP contribution in [0.25, 0.3) is 11.1 Å². The second kappa shape index (κ2) is 7.96. The molecular weight excluding hydrogens is 342 g/mol. The zero-order chi connectivity index (χ0) is 19.6. The maximum atomic E-state index is 11.3. The Balaban J connectivity index is 1.83. The Labute approximate surface area is 160 Å². The monoisotopic (exact) mass is 369 g/mol. The summed E-state index contributed by atoms with van der Waals surface area (Å²) in [6, 6.07) is 7.68. The largest absolute Gasteiger partial charge is 0.492 e. The van der Waals surface area contributed by atoms with Gasteiger partial charge in [0.05, 0.1) is 0 Å². The van der Waals surface area contributed by atoms with Crippen LogP contribution in [0.3, 0.4) is 0 Å². The number of hydrogen-bond acceptors (Lipinski definition) is 5. The van der Waals surface area contributed by atoms with Crippen LogP contribution >= 0.6 is 0 Å². The minimum absolute atomic E-state index is 0.00730. The van der Waals surface area contributed by atoms with E-state index in [1.807, 2.05) is 31.2 Å². The van der Waals surface area contributed by atoms with Crippen LogP contribution in [0.1, 0.15) is 45.8 Å². The average Bonchev–Trinajstić information content (AvgIpc) is 2.58. The highest BCUT2D eigenvalue weighted by molar-refractivity contribution is 5.89. The van der Waals surface area contributed by atoms with E-state index < -0.39 is 0 Å². The fraction of sp³-hybridized carbons (Fsp3) is 0.429. The van der Waals surface area contributed by atoms with Crippen molar-refractivity contribution < 1.29 is 14.3 Å². The summed E-state index contributed by atoms with van der Waals surface area (Å²) in [6.07, 6.45) is 2.54. The van der Waals surface area contributed by atoms with Gasteiger partial charge in [0.25, 0.3) is 0 Å². The topological polar surface area (TPSA) is 86.5 Å². The number of benzene rings is 1. The van der Waals surface area contributed by atoms with Crippen LogP contribution in [0, 0.1) is 5.92 Å². The van der Waals surface area contributed by atoms with Gasteiger partial charge in [-0.15, -0.1) is 0 Å². The van der Waals surface area contributed by atoms with Crippen LogP contribution in [0.2, 0.25) is 0 Å². The molecule has 1 aromatic heterocycles. The van der Waals surface area contributed by atoms with Crippen molar-refractivity contribution in [3.8, 4) is 22.6 Å². The number of fused-ring (bicyclic) bond motifs is 3. The SMILES string of the molecule is CC(=O)Nc1cc2c(cn1)C(C)Oc1cc(OC[C@@H](N)CC(C)C)ccc1-2. The Morgan fingerprint density at radius 2 is 2.11 bits per heavy atom. The summed E-state index contributed by atoms with van der Waals surface area (Å²) < 4.78 is 11.9. The number of hydrogen-bond donors (Lipinski definition) is 2. The van der Waals surface area contributed by atoms with Gasteiger partial charge in [-0.2, -0.15) is 0 Å². The van der Waals surface area contributed by atoms with Gasteiger partial charge in [-0.1, -0.05) is 13.8 Å². The highest BCUT2D eigenvalue weighted by Crippen LogP contribution is 2.44. The third-order valence-corrected chi connectivity index (χ3v) is 4.46. The van der Waals surface area contributed by atoms with Crippen molar-refractivity contribution in [2.75, 3.05) is 11.9 Å².